The van der Waals surface area contributed by atoms with Crippen LogP contribution in [0, 0.1) is 0 Å². The highest BCUT2D eigenvalue weighted by Crippen LogP contribution is 2.24. The fraction of sp³-hybridized carbons (Fsp3) is 0.167. The minimum atomic E-state index is -0.740. The molecule has 3 aromatic carbocycles. The molecule has 3 rings (SSSR count). The van der Waals surface area contributed by atoms with E-state index in [0.717, 1.165) is 0 Å². The van der Waals surface area contributed by atoms with Gasteiger partial charge in [-0.2, -0.15) is 0 Å². The Morgan fingerprint density at radius 3 is 1.74 bits per heavy atom. The molecule has 0 saturated heterocycles. The SMILES string of the molecule is CC(Oc1ccccc1)C(=O)Nc1ccc(NC(=O)C(C)Oc2ccccc2Cl)cc1. The van der Waals surface area contributed by atoms with E-state index in [1.165, 1.54) is 0 Å². The van der Waals surface area contributed by atoms with Crippen molar-refractivity contribution in [2.24, 2.45) is 0 Å². The number of rotatable bonds is 8. The molecule has 0 aliphatic carbocycles. The topological polar surface area (TPSA) is 76.7 Å². The lowest BCUT2D eigenvalue weighted by Crippen LogP contribution is -2.30. The summed E-state index contributed by atoms with van der Waals surface area (Å²) in [5.41, 5.74) is 1.16. The molecule has 0 fully saturated rings. The highest BCUT2D eigenvalue weighted by atomic mass is 35.5. The molecule has 0 aliphatic heterocycles. The first-order valence-electron chi connectivity index (χ1n) is 9.77. The number of para-hydroxylation sites is 2. The lowest BCUT2D eigenvalue weighted by atomic mass is 10.2. The molecule has 2 atom stereocenters. The zero-order valence-electron chi connectivity index (χ0n) is 17.2. The van der Waals surface area contributed by atoms with Crippen molar-refractivity contribution in [2.75, 3.05) is 10.6 Å². The molecule has 0 heterocycles. The maximum absolute atomic E-state index is 12.4. The van der Waals surface area contributed by atoms with Gasteiger partial charge in [0.25, 0.3) is 11.8 Å². The number of hydrogen-bond donors (Lipinski definition) is 2. The van der Waals surface area contributed by atoms with Crippen molar-refractivity contribution in [3.63, 3.8) is 0 Å². The molecule has 2 unspecified atom stereocenters. The van der Waals surface area contributed by atoms with Crippen molar-refractivity contribution in [2.45, 2.75) is 26.1 Å². The zero-order valence-corrected chi connectivity index (χ0v) is 17.9. The Morgan fingerprint density at radius 2 is 1.19 bits per heavy atom. The van der Waals surface area contributed by atoms with Crippen LogP contribution in [-0.2, 0) is 9.59 Å². The van der Waals surface area contributed by atoms with Gasteiger partial charge >= 0.3 is 0 Å². The van der Waals surface area contributed by atoms with Crippen molar-refractivity contribution in [3.05, 3.63) is 83.9 Å². The van der Waals surface area contributed by atoms with Crippen LogP contribution >= 0.6 is 11.6 Å². The Balaban J connectivity index is 1.51. The number of nitrogens with one attached hydrogen (secondary N) is 2. The predicted molar refractivity (Wildman–Crippen MR) is 122 cm³/mol. The summed E-state index contributed by atoms with van der Waals surface area (Å²) in [5.74, 6) is 0.469. The van der Waals surface area contributed by atoms with E-state index >= 15 is 0 Å². The van der Waals surface area contributed by atoms with Crippen LogP contribution in [0.2, 0.25) is 5.02 Å². The monoisotopic (exact) mass is 438 g/mol. The third-order valence-corrected chi connectivity index (χ3v) is 4.67. The van der Waals surface area contributed by atoms with Gasteiger partial charge in [-0.1, -0.05) is 41.9 Å². The van der Waals surface area contributed by atoms with Gasteiger partial charge in [0.1, 0.15) is 11.5 Å². The van der Waals surface area contributed by atoms with E-state index in [4.69, 9.17) is 21.1 Å². The van der Waals surface area contributed by atoms with E-state index in [1.54, 1.807) is 74.5 Å². The third-order valence-electron chi connectivity index (χ3n) is 4.35. The van der Waals surface area contributed by atoms with E-state index in [0.29, 0.717) is 27.9 Å². The number of benzene rings is 3. The average Bonchev–Trinajstić information content (AvgIpc) is 2.77. The number of carbonyl (C=O) groups excluding carboxylic acids is 2. The molecule has 6 nitrogen and oxygen atoms in total. The molecule has 3 aromatic rings. The normalized spacial score (nSPS) is 12.4. The van der Waals surface area contributed by atoms with Crippen LogP contribution in [0.1, 0.15) is 13.8 Å². The molecule has 0 radical (unpaired) electrons. The zero-order chi connectivity index (χ0) is 22.2. The lowest BCUT2D eigenvalue weighted by Gasteiger charge is -2.16. The number of hydrogen-bond acceptors (Lipinski definition) is 4. The summed E-state index contributed by atoms with van der Waals surface area (Å²) in [4.78, 5) is 24.7. The van der Waals surface area contributed by atoms with Gasteiger partial charge in [-0.05, 0) is 62.4 Å². The summed E-state index contributed by atoms with van der Waals surface area (Å²) >= 11 is 6.06. The highest BCUT2D eigenvalue weighted by molar-refractivity contribution is 6.32. The molecule has 2 amide bonds. The maximum atomic E-state index is 12.4. The van der Waals surface area contributed by atoms with Crippen molar-refractivity contribution < 1.29 is 19.1 Å². The smallest absolute Gasteiger partial charge is 0.265 e. The van der Waals surface area contributed by atoms with E-state index in [9.17, 15) is 9.59 Å². The van der Waals surface area contributed by atoms with Crippen molar-refractivity contribution in [3.8, 4) is 11.5 Å². The van der Waals surface area contributed by atoms with Crippen LogP contribution in [0.4, 0.5) is 11.4 Å². The number of carbonyl (C=O) groups is 2. The van der Waals surface area contributed by atoms with Gasteiger partial charge in [-0.3, -0.25) is 9.59 Å². The summed E-state index contributed by atoms with van der Waals surface area (Å²) in [6.07, 6.45) is -1.40. The summed E-state index contributed by atoms with van der Waals surface area (Å²) in [5, 5.41) is 6.00. The van der Waals surface area contributed by atoms with Gasteiger partial charge < -0.3 is 20.1 Å². The molecule has 7 heteroatoms. The standard InChI is InChI=1S/C24H23ClN2O4/c1-16(30-20-8-4-3-5-9-20)23(28)26-18-12-14-19(15-13-18)27-24(29)17(2)31-22-11-7-6-10-21(22)25/h3-17H,1-2H3,(H,26,28)(H,27,29). The fourth-order valence-electron chi connectivity index (χ4n) is 2.67. The molecule has 0 saturated carbocycles. The van der Waals surface area contributed by atoms with Gasteiger partial charge in [0, 0.05) is 11.4 Å². The van der Waals surface area contributed by atoms with Gasteiger partial charge in [0.05, 0.1) is 5.02 Å². The summed E-state index contributed by atoms with van der Waals surface area (Å²) in [6, 6.07) is 22.9. The van der Waals surface area contributed by atoms with Crippen LogP contribution in [0.5, 0.6) is 11.5 Å². The molecule has 0 spiro atoms. The Morgan fingerprint density at radius 1 is 0.710 bits per heavy atom. The molecule has 160 valence electrons. The first-order chi connectivity index (χ1) is 14.9. The molecule has 0 aromatic heterocycles. The number of ether oxygens (including phenoxy) is 2. The van der Waals surface area contributed by atoms with E-state index in [2.05, 4.69) is 10.6 Å². The number of anilines is 2. The Kier molecular flexibility index (Phi) is 7.51. The van der Waals surface area contributed by atoms with Crippen LogP contribution < -0.4 is 20.1 Å². The molecular weight excluding hydrogens is 416 g/mol. The lowest BCUT2D eigenvalue weighted by molar-refractivity contribution is -0.122. The molecule has 2 N–H and O–H groups in total. The van der Waals surface area contributed by atoms with Gasteiger partial charge in [-0.25, -0.2) is 0 Å². The van der Waals surface area contributed by atoms with Crippen LogP contribution in [0.25, 0.3) is 0 Å². The summed E-state index contributed by atoms with van der Waals surface area (Å²) < 4.78 is 11.2. The predicted octanol–water partition coefficient (Wildman–Crippen LogP) is 5.15. The number of halogens is 1. The summed E-state index contributed by atoms with van der Waals surface area (Å²) in [6.45, 7) is 3.32. The molecule has 0 bridgehead atoms. The minimum absolute atomic E-state index is 0.276. The average molecular weight is 439 g/mol. The Bertz CT molecular complexity index is 1030. The Hall–Kier alpha value is -3.51. The quantitative estimate of drug-likeness (QED) is 0.509. The minimum Gasteiger partial charge on any atom is -0.481 e. The van der Waals surface area contributed by atoms with Gasteiger partial charge in [0.15, 0.2) is 12.2 Å². The maximum Gasteiger partial charge on any atom is 0.265 e. The second-order valence-corrected chi connectivity index (χ2v) is 7.23. The van der Waals surface area contributed by atoms with Crippen LogP contribution in [0.3, 0.4) is 0 Å². The Labute approximate surface area is 186 Å². The van der Waals surface area contributed by atoms with Crippen molar-refractivity contribution in [1.82, 2.24) is 0 Å². The second kappa shape index (κ2) is 10.5. The van der Waals surface area contributed by atoms with Gasteiger partial charge in [-0.15, -0.1) is 0 Å². The molecular formula is C24H23ClN2O4. The second-order valence-electron chi connectivity index (χ2n) is 6.82. The molecule has 0 aliphatic rings. The van der Waals surface area contributed by atoms with E-state index in [1.807, 2.05) is 18.2 Å². The fourth-order valence-corrected chi connectivity index (χ4v) is 2.85. The van der Waals surface area contributed by atoms with Crippen LogP contribution in [-0.4, -0.2) is 24.0 Å². The van der Waals surface area contributed by atoms with Crippen molar-refractivity contribution >= 4 is 34.8 Å². The highest BCUT2D eigenvalue weighted by Gasteiger charge is 2.17. The van der Waals surface area contributed by atoms with Crippen LogP contribution in [0.15, 0.2) is 78.9 Å². The largest absolute Gasteiger partial charge is 0.481 e. The van der Waals surface area contributed by atoms with E-state index in [-0.39, 0.29) is 11.8 Å². The third kappa shape index (κ3) is 6.49. The number of amides is 2. The van der Waals surface area contributed by atoms with Gasteiger partial charge in [0.2, 0.25) is 0 Å². The first kappa shape index (κ1) is 22.2. The van der Waals surface area contributed by atoms with Crippen molar-refractivity contribution in [1.29, 1.82) is 0 Å². The van der Waals surface area contributed by atoms with E-state index < -0.39 is 12.2 Å². The summed E-state index contributed by atoms with van der Waals surface area (Å²) in [7, 11) is 0. The molecule has 31 heavy (non-hydrogen) atoms. The first-order valence-corrected chi connectivity index (χ1v) is 10.1.